The van der Waals surface area contributed by atoms with Crippen molar-refractivity contribution in [3.63, 3.8) is 0 Å². The van der Waals surface area contributed by atoms with Crippen molar-refractivity contribution in [1.82, 2.24) is 0 Å². The van der Waals surface area contributed by atoms with Crippen molar-refractivity contribution in [2.24, 2.45) is 11.1 Å². The lowest BCUT2D eigenvalue weighted by Crippen LogP contribution is -2.48. The summed E-state index contributed by atoms with van der Waals surface area (Å²) in [5.74, 6) is 0. The minimum absolute atomic E-state index is 0.00926. The van der Waals surface area contributed by atoms with Crippen molar-refractivity contribution >= 4 is 17.2 Å². The van der Waals surface area contributed by atoms with Gasteiger partial charge in [0.2, 0.25) is 0 Å². The average Bonchev–Trinajstić information content (AvgIpc) is 1.60. The molecule has 1 aliphatic heterocycles. The third-order valence-electron chi connectivity index (χ3n) is 1.44. The first-order valence-corrected chi connectivity index (χ1v) is 2.94. The predicted molar refractivity (Wildman–Crippen MR) is 35.7 cm³/mol. The van der Waals surface area contributed by atoms with E-state index in [4.69, 9.17) is 22.7 Å². The highest BCUT2D eigenvalue weighted by Gasteiger charge is 2.36. The molecule has 0 aliphatic carbocycles. The van der Waals surface area contributed by atoms with Gasteiger partial charge in [-0.25, -0.2) is 0 Å². The third kappa shape index (κ3) is 0.717. The summed E-state index contributed by atoms with van der Waals surface area (Å²) >= 11 is 4.78. The van der Waals surface area contributed by atoms with Gasteiger partial charge in [0.05, 0.1) is 23.6 Å². The molecule has 0 radical (unpaired) electrons. The molecule has 1 aliphatic rings. The van der Waals surface area contributed by atoms with Crippen molar-refractivity contribution in [3.05, 3.63) is 0 Å². The lowest BCUT2D eigenvalue weighted by molar-refractivity contribution is -0.0575. The summed E-state index contributed by atoms with van der Waals surface area (Å²) in [6.07, 6.45) is 0. The van der Waals surface area contributed by atoms with Crippen LogP contribution in [0.15, 0.2) is 0 Å². The van der Waals surface area contributed by atoms with Crippen LogP contribution in [0.5, 0.6) is 0 Å². The Labute approximate surface area is 54.0 Å². The zero-order valence-electron chi connectivity index (χ0n) is 4.81. The second-order valence-corrected chi connectivity index (χ2v) is 2.86. The maximum atomic E-state index is 5.38. The minimum Gasteiger partial charge on any atom is -0.393 e. The molecule has 1 rings (SSSR count). The fourth-order valence-corrected chi connectivity index (χ4v) is 0.668. The summed E-state index contributed by atoms with van der Waals surface area (Å²) < 4.78 is 4.93. The zero-order chi connectivity index (χ0) is 6.20. The van der Waals surface area contributed by atoms with E-state index in [1.165, 1.54) is 0 Å². The smallest absolute Gasteiger partial charge is 0.0833 e. The van der Waals surface area contributed by atoms with Gasteiger partial charge in [-0.05, 0) is 6.92 Å². The van der Waals surface area contributed by atoms with Crippen LogP contribution >= 0.6 is 12.2 Å². The van der Waals surface area contributed by atoms with Crippen LogP contribution < -0.4 is 5.73 Å². The molecule has 0 spiro atoms. The second kappa shape index (κ2) is 1.67. The topological polar surface area (TPSA) is 35.2 Å². The van der Waals surface area contributed by atoms with Crippen molar-refractivity contribution < 1.29 is 4.74 Å². The van der Waals surface area contributed by atoms with E-state index in [0.29, 0.717) is 18.2 Å². The van der Waals surface area contributed by atoms with Crippen LogP contribution in [0.4, 0.5) is 0 Å². The summed E-state index contributed by atoms with van der Waals surface area (Å²) in [6.45, 7) is 3.41. The molecule has 1 heterocycles. The van der Waals surface area contributed by atoms with Gasteiger partial charge in [0.25, 0.3) is 0 Å². The van der Waals surface area contributed by atoms with Gasteiger partial charge in [0.15, 0.2) is 0 Å². The number of hydrogen-bond acceptors (Lipinski definition) is 2. The van der Waals surface area contributed by atoms with Crippen LogP contribution in [-0.2, 0) is 4.74 Å². The Morgan fingerprint density at radius 1 is 1.75 bits per heavy atom. The number of nitrogens with two attached hydrogens (primary N) is 1. The fraction of sp³-hybridized carbons (Fsp3) is 0.800. The SMILES string of the molecule is CC1(C(N)=S)COC1. The van der Waals surface area contributed by atoms with Gasteiger partial charge in [-0.2, -0.15) is 0 Å². The standard InChI is InChI=1S/C5H9NOS/c1-5(4(6)8)2-7-3-5/h2-3H2,1H3,(H2,6,8). The van der Waals surface area contributed by atoms with Crippen LogP contribution in [0.25, 0.3) is 0 Å². The van der Waals surface area contributed by atoms with Crippen molar-refractivity contribution in [1.29, 1.82) is 0 Å². The van der Waals surface area contributed by atoms with E-state index in [1.807, 2.05) is 6.92 Å². The zero-order valence-corrected chi connectivity index (χ0v) is 5.62. The Balaban J connectivity index is 2.53. The van der Waals surface area contributed by atoms with Crippen molar-refractivity contribution in [2.45, 2.75) is 6.92 Å². The third-order valence-corrected chi connectivity index (χ3v) is 1.93. The number of rotatable bonds is 1. The summed E-state index contributed by atoms with van der Waals surface area (Å²) in [4.78, 5) is 0.573. The molecule has 8 heavy (non-hydrogen) atoms. The highest BCUT2D eigenvalue weighted by Crippen LogP contribution is 2.26. The first-order valence-electron chi connectivity index (χ1n) is 2.53. The van der Waals surface area contributed by atoms with Crippen LogP contribution in [-0.4, -0.2) is 18.2 Å². The van der Waals surface area contributed by atoms with E-state index in [2.05, 4.69) is 0 Å². The Morgan fingerprint density at radius 2 is 2.25 bits per heavy atom. The molecule has 0 bridgehead atoms. The summed E-state index contributed by atoms with van der Waals surface area (Å²) in [6, 6.07) is 0. The Hall–Kier alpha value is -0.150. The molecule has 0 aromatic heterocycles. The fourth-order valence-electron chi connectivity index (χ4n) is 0.551. The van der Waals surface area contributed by atoms with Crippen LogP contribution in [0.1, 0.15) is 6.92 Å². The molecular formula is C5H9NOS. The molecule has 2 nitrogen and oxygen atoms in total. The van der Waals surface area contributed by atoms with E-state index in [-0.39, 0.29) is 5.41 Å². The quantitative estimate of drug-likeness (QED) is 0.520. The van der Waals surface area contributed by atoms with Gasteiger partial charge >= 0.3 is 0 Å². The Bertz CT molecular complexity index is 120. The highest BCUT2D eigenvalue weighted by atomic mass is 32.1. The molecule has 0 atom stereocenters. The van der Waals surface area contributed by atoms with Gasteiger partial charge in [0.1, 0.15) is 0 Å². The highest BCUT2D eigenvalue weighted by molar-refractivity contribution is 7.80. The van der Waals surface area contributed by atoms with Gasteiger partial charge in [-0.15, -0.1) is 0 Å². The van der Waals surface area contributed by atoms with Gasteiger partial charge in [-0.1, -0.05) is 12.2 Å². The van der Waals surface area contributed by atoms with Gasteiger partial charge in [0, 0.05) is 0 Å². The summed E-state index contributed by atoms with van der Waals surface area (Å²) in [5, 5.41) is 0. The lowest BCUT2D eigenvalue weighted by atomic mass is 9.89. The molecule has 1 saturated heterocycles. The molecule has 3 heteroatoms. The molecule has 46 valence electrons. The largest absolute Gasteiger partial charge is 0.393 e. The summed E-state index contributed by atoms with van der Waals surface area (Å²) in [7, 11) is 0. The van der Waals surface area contributed by atoms with Crippen molar-refractivity contribution in [2.75, 3.05) is 13.2 Å². The molecule has 0 amide bonds. The van der Waals surface area contributed by atoms with Crippen molar-refractivity contribution in [3.8, 4) is 0 Å². The maximum Gasteiger partial charge on any atom is 0.0833 e. The Morgan fingerprint density at radius 3 is 2.25 bits per heavy atom. The molecule has 0 saturated carbocycles. The minimum atomic E-state index is 0.00926. The summed E-state index contributed by atoms with van der Waals surface area (Å²) in [5.41, 5.74) is 5.39. The van der Waals surface area contributed by atoms with E-state index in [1.54, 1.807) is 0 Å². The van der Waals surface area contributed by atoms with E-state index in [9.17, 15) is 0 Å². The first kappa shape index (κ1) is 5.98. The van der Waals surface area contributed by atoms with Crippen LogP contribution in [0.3, 0.4) is 0 Å². The van der Waals surface area contributed by atoms with E-state index >= 15 is 0 Å². The van der Waals surface area contributed by atoms with Gasteiger partial charge in [-0.3, -0.25) is 0 Å². The Kier molecular flexibility index (Phi) is 1.25. The molecule has 0 unspecified atom stereocenters. The maximum absolute atomic E-state index is 5.38. The normalized spacial score (nSPS) is 24.1. The molecular weight excluding hydrogens is 122 g/mol. The first-order chi connectivity index (χ1) is 3.65. The van der Waals surface area contributed by atoms with E-state index < -0.39 is 0 Å². The number of ether oxygens (including phenoxy) is 1. The lowest BCUT2D eigenvalue weighted by Gasteiger charge is -2.36. The molecule has 1 fully saturated rings. The molecule has 0 aromatic carbocycles. The second-order valence-electron chi connectivity index (χ2n) is 2.42. The average molecular weight is 131 g/mol. The number of hydrogen-bond donors (Lipinski definition) is 1. The predicted octanol–water partition coefficient (Wildman–Crippen LogP) is 0.309. The van der Waals surface area contributed by atoms with Crippen LogP contribution in [0.2, 0.25) is 0 Å². The monoisotopic (exact) mass is 131 g/mol. The van der Waals surface area contributed by atoms with Gasteiger partial charge < -0.3 is 10.5 Å². The van der Waals surface area contributed by atoms with E-state index in [0.717, 1.165) is 0 Å². The number of thiocarbonyl (C=S) groups is 1. The van der Waals surface area contributed by atoms with Crippen LogP contribution in [0, 0.1) is 5.41 Å². The molecule has 2 N–H and O–H groups in total. The molecule has 0 aromatic rings.